The Labute approximate surface area is 248 Å². The quantitative estimate of drug-likeness (QED) is 0.250. The summed E-state index contributed by atoms with van der Waals surface area (Å²) >= 11 is 0. The highest BCUT2D eigenvalue weighted by Crippen LogP contribution is 2.25. The van der Waals surface area contributed by atoms with Gasteiger partial charge in [-0.05, 0) is 91.2 Å². The molecule has 3 heterocycles. The first-order chi connectivity index (χ1) is 21.0. The maximum Gasteiger partial charge on any atom is 0.257 e. The number of carbonyl (C=O) groups is 2. The van der Waals surface area contributed by atoms with Gasteiger partial charge in [-0.2, -0.15) is 5.10 Å². The minimum Gasteiger partial charge on any atom is -0.393 e. The minimum absolute atomic E-state index is 0.183. The summed E-state index contributed by atoms with van der Waals surface area (Å²) < 4.78 is 1.82. The Morgan fingerprint density at radius 1 is 0.791 bits per heavy atom. The number of aliphatic hydroxyl groups is 1. The highest BCUT2D eigenvalue weighted by Gasteiger charge is 2.18. The van der Waals surface area contributed by atoms with Crippen LogP contribution in [-0.4, -0.2) is 50.9 Å². The molecule has 1 fully saturated rings. The van der Waals surface area contributed by atoms with E-state index in [1.807, 2.05) is 89.6 Å². The Hall–Kier alpha value is -5.28. The zero-order chi connectivity index (χ0) is 29.3. The van der Waals surface area contributed by atoms with Crippen LogP contribution in [0.5, 0.6) is 0 Å². The maximum atomic E-state index is 12.9. The number of nitrogens with zero attached hydrogens (tertiary/aromatic N) is 4. The molecule has 0 radical (unpaired) electrons. The number of pyridine rings is 1. The Kier molecular flexibility index (Phi) is 6.92. The topological polar surface area (TPSA) is 112 Å². The first-order valence-electron chi connectivity index (χ1n) is 14.4. The van der Waals surface area contributed by atoms with Gasteiger partial charge < -0.3 is 20.6 Å². The van der Waals surface area contributed by atoms with E-state index in [1.165, 1.54) is 0 Å². The van der Waals surface area contributed by atoms with Gasteiger partial charge in [-0.25, -0.2) is 4.68 Å². The third-order valence-corrected chi connectivity index (χ3v) is 8.03. The van der Waals surface area contributed by atoms with Crippen molar-refractivity contribution < 1.29 is 14.7 Å². The van der Waals surface area contributed by atoms with Gasteiger partial charge in [-0.1, -0.05) is 12.2 Å². The van der Waals surface area contributed by atoms with Crippen molar-refractivity contribution in [3.8, 4) is 5.69 Å². The molecule has 3 aromatic carbocycles. The molecule has 9 heteroatoms. The molecular formula is C34H30N6O3. The first kappa shape index (κ1) is 26.6. The summed E-state index contributed by atoms with van der Waals surface area (Å²) in [6.45, 7) is 1.62. The Balaban J connectivity index is 1.01. The van der Waals surface area contributed by atoms with E-state index in [1.54, 1.807) is 12.4 Å². The predicted octanol–water partition coefficient (Wildman–Crippen LogP) is 5.46. The SMILES string of the molecule is O=C(Nc1ccc2c(cnn2-c2ccc(NC(=O)c3cnc4c(c3)C=CC4)cc2)c1)c1ccc(N2CCC(O)CC2)cc1. The lowest BCUT2D eigenvalue weighted by molar-refractivity contribution is 0.101. The molecule has 0 spiro atoms. The number of aliphatic hydroxyl groups excluding tert-OH is 1. The number of amides is 2. The van der Waals surface area contributed by atoms with E-state index < -0.39 is 0 Å². The highest BCUT2D eigenvalue weighted by atomic mass is 16.3. The number of benzene rings is 3. The van der Waals surface area contributed by atoms with Gasteiger partial charge in [0.15, 0.2) is 0 Å². The molecule has 214 valence electrons. The van der Waals surface area contributed by atoms with Gasteiger partial charge in [0.25, 0.3) is 11.8 Å². The number of nitrogens with one attached hydrogen (secondary N) is 2. The third-order valence-electron chi connectivity index (χ3n) is 8.03. The van der Waals surface area contributed by atoms with E-state index in [4.69, 9.17) is 0 Å². The Morgan fingerprint density at radius 3 is 2.28 bits per heavy atom. The van der Waals surface area contributed by atoms with Crippen LogP contribution in [-0.2, 0) is 6.42 Å². The van der Waals surface area contributed by atoms with Crippen LogP contribution in [0.2, 0.25) is 0 Å². The molecule has 9 nitrogen and oxygen atoms in total. The summed E-state index contributed by atoms with van der Waals surface area (Å²) in [6, 6.07) is 22.6. The second kappa shape index (κ2) is 11.2. The van der Waals surface area contributed by atoms with Crippen molar-refractivity contribution in [3.05, 3.63) is 114 Å². The molecule has 2 aromatic heterocycles. The van der Waals surface area contributed by atoms with Gasteiger partial charge in [-0.3, -0.25) is 14.6 Å². The van der Waals surface area contributed by atoms with Gasteiger partial charge in [-0.15, -0.1) is 0 Å². The molecular weight excluding hydrogens is 540 g/mol. The smallest absolute Gasteiger partial charge is 0.257 e. The van der Waals surface area contributed by atoms with Crippen LogP contribution in [0, 0.1) is 0 Å². The molecule has 0 bridgehead atoms. The zero-order valence-electron chi connectivity index (χ0n) is 23.4. The maximum absolute atomic E-state index is 12.9. The third kappa shape index (κ3) is 5.50. The van der Waals surface area contributed by atoms with E-state index in [0.29, 0.717) is 22.5 Å². The number of carbonyl (C=O) groups excluding carboxylic acids is 2. The number of allylic oxidation sites excluding steroid dienone is 1. The van der Waals surface area contributed by atoms with E-state index in [2.05, 4.69) is 25.6 Å². The number of hydrogen-bond donors (Lipinski definition) is 3. The minimum atomic E-state index is -0.220. The average Bonchev–Trinajstić information content (AvgIpc) is 3.68. The van der Waals surface area contributed by atoms with Crippen LogP contribution < -0.4 is 15.5 Å². The van der Waals surface area contributed by atoms with Crippen LogP contribution in [0.25, 0.3) is 22.7 Å². The molecule has 2 aliphatic rings. The first-order valence-corrected chi connectivity index (χ1v) is 14.4. The van der Waals surface area contributed by atoms with Crippen LogP contribution in [0.15, 0.2) is 91.3 Å². The summed E-state index contributed by atoms with van der Waals surface area (Å²) in [7, 11) is 0. The monoisotopic (exact) mass is 570 g/mol. The molecule has 0 saturated carbocycles. The Bertz CT molecular complexity index is 1850. The zero-order valence-corrected chi connectivity index (χ0v) is 23.4. The molecule has 1 aliphatic heterocycles. The number of piperidine rings is 1. The van der Waals surface area contributed by atoms with E-state index in [-0.39, 0.29) is 17.9 Å². The molecule has 43 heavy (non-hydrogen) atoms. The molecule has 1 aliphatic carbocycles. The lowest BCUT2D eigenvalue weighted by atomic mass is 10.1. The van der Waals surface area contributed by atoms with Crippen LogP contribution in [0.3, 0.4) is 0 Å². The fourth-order valence-corrected chi connectivity index (χ4v) is 5.60. The van der Waals surface area contributed by atoms with Crippen molar-refractivity contribution in [2.75, 3.05) is 28.6 Å². The molecule has 1 saturated heterocycles. The van der Waals surface area contributed by atoms with Gasteiger partial charge in [0.1, 0.15) is 0 Å². The average molecular weight is 571 g/mol. The normalized spacial score (nSPS) is 14.6. The number of anilines is 3. The lowest BCUT2D eigenvalue weighted by Gasteiger charge is -2.31. The summed E-state index contributed by atoms with van der Waals surface area (Å²) in [5.74, 6) is -0.390. The van der Waals surface area contributed by atoms with Crippen molar-refractivity contribution >= 4 is 45.9 Å². The number of hydrogen-bond acceptors (Lipinski definition) is 6. The van der Waals surface area contributed by atoms with Crippen LogP contribution in [0.1, 0.15) is 44.8 Å². The number of rotatable bonds is 6. The molecule has 3 N–H and O–H groups in total. The van der Waals surface area contributed by atoms with Crippen molar-refractivity contribution in [3.63, 3.8) is 0 Å². The largest absolute Gasteiger partial charge is 0.393 e. The van der Waals surface area contributed by atoms with Crippen molar-refractivity contribution in [1.29, 1.82) is 0 Å². The number of aromatic nitrogens is 3. The fraction of sp³-hybridized carbons (Fsp3) is 0.176. The molecule has 0 unspecified atom stereocenters. The standard InChI is InChI=1S/C34H30N6O3/c41-30-14-16-39(17-15-30)28-9-4-22(5-10-28)33(42)38-27-8-13-32-24(19-27)21-36-40(32)29-11-6-26(7-12-29)37-34(43)25-18-23-2-1-3-31(23)35-20-25/h1-2,4-13,18-21,30,41H,3,14-17H2,(H,37,43)(H,38,42). The Morgan fingerprint density at radius 2 is 1.49 bits per heavy atom. The molecule has 2 amide bonds. The van der Waals surface area contributed by atoms with E-state index in [0.717, 1.165) is 65.9 Å². The lowest BCUT2D eigenvalue weighted by Crippen LogP contribution is -2.35. The van der Waals surface area contributed by atoms with E-state index in [9.17, 15) is 14.7 Å². The summed E-state index contributed by atoms with van der Waals surface area (Å²) in [4.78, 5) is 32.3. The van der Waals surface area contributed by atoms with Gasteiger partial charge in [0.05, 0.1) is 34.8 Å². The van der Waals surface area contributed by atoms with Gasteiger partial charge in [0, 0.05) is 53.7 Å². The summed E-state index contributed by atoms with van der Waals surface area (Å²) in [6.07, 6.45) is 9.51. The van der Waals surface area contributed by atoms with Crippen molar-refractivity contribution in [2.45, 2.75) is 25.4 Å². The molecule has 7 rings (SSSR count). The summed E-state index contributed by atoms with van der Waals surface area (Å²) in [5, 5.41) is 21.1. The van der Waals surface area contributed by atoms with Gasteiger partial charge in [0.2, 0.25) is 0 Å². The van der Waals surface area contributed by atoms with Crippen LogP contribution in [0.4, 0.5) is 17.1 Å². The fourth-order valence-electron chi connectivity index (χ4n) is 5.60. The second-order valence-corrected chi connectivity index (χ2v) is 10.9. The summed E-state index contributed by atoms with van der Waals surface area (Å²) in [5.41, 5.74) is 7.22. The van der Waals surface area contributed by atoms with Gasteiger partial charge >= 0.3 is 0 Å². The van der Waals surface area contributed by atoms with E-state index >= 15 is 0 Å². The predicted molar refractivity (Wildman–Crippen MR) is 168 cm³/mol. The number of fused-ring (bicyclic) bond motifs is 2. The second-order valence-electron chi connectivity index (χ2n) is 10.9. The highest BCUT2D eigenvalue weighted by molar-refractivity contribution is 6.05. The van der Waals surface area contributed by atoms with Crippen molar-refractivity contribution in [2.24, 2.45) is 0 Å². The van der Waals surface area contributed by atoms with Crippen molar-refractivity contribution in [1.82, 2.24) is 14.8 Å². The molecule has 0 atom stereocenters. The van der Waals surface area contributed by atoms with Crippen LogP contribution >= 0.6 is 0 Å². The molecule has 5 aromatic rings.